The normalized spacial score (nSPS) is 11.5. The maximum atomic E-state index is 12.2. The van der Waals surface area contributed by atoms with Crippen LogP contribution in [0.4, 0.5) is 0 Å². The van der Waals surface area contributed by atoms with Crippen molar-refractivity contribution in [2.45, 2.75) is 39.4 Å². The molecule has 4 nitrogen and oxygen atoms in total. The van der Waals surface area contributed by atoms with Crippen molar-refractivity contribution in [3.63, 3.8) is 0 Å². The highest BCUT2D eigenvalue weighted by Crippen LogP contribution is 2.07. The summed E-state index contributed by atoms with van der Waals surface area (Å²) >= 11 is 0. The van der Waals surface area contributed by atoms with Crippen molar-refractivity contribution in [1.82, 2.24) is 10.6 Å². The van der Waals surface area contributed by atoms with Gasteiger partial charge < -0.3 is 10.6 Å². The number of hydrogen-bond donors (Lipinski definition) is 2. The van der Waals surface area contributed by atoms with Gasteiger partial charge in [-0.15, -0.1) is 0 Å². The summed E-state index contributed by atoms with van der Waals surface area (Å²) in [4.78, 5) is 12.2. The molecule has 0 aliphatic carbocycles. The first-order valence-corrected chi connectivity index (χ1v) is 8.22. The van der Waals surface area contributed by atoms with Crippen LogP contribution >= 0.6 is 0 Å². The van der Waals surface area contributed by atoms with Crippen molar-refractivity contribution in [3.8, 4) is 6.07 Å². The van der Waals surface area contributed by atoms with E-state index in [0.29, 0.717) is 17.7 Å². The van der Waals surface area contributed by atoms with Crippen LogP contribution in [0.3, 0.4) is 0 Å². The minimum absolute atomic E-state index is 0.0294. The molecule has 24 heavy (non-hydrogen) atoms. The Bertz CT molecular complexity index is 716. The molecule has 1 atom stereocenters. The van der Waals surface area contributed by atoms with Crippen LogP contribution in [0.25, 0.3) is 0 Å². The van der Waals surface area contributed by atoms with E-state index in [-0.39, 0.29) is 11.9 Å². The lowest BCUT2D eigenvalue weighted by Crippen LogP contribution is -2.32. The van der Waals surface area contributed by atoms with Crippen LogP contribution in [0.15, 0.2) is 48.5 Å². The summed E-state index contributed by atoms with van der Waals surface area (Å²) in [6.45, 7) is 5.45. The molecule has 2 aromatic rings. The first-order valence-electron chi connectivity index (χ1n) is 8.22. The fraction of sp³-hybridized carbons (Fsp3) is 0.300. The Kier molecular flexibility index (Phi) is 6.53. The van der Waals surface area contributed by atoms with Crippen molar-refractivity contribution >= 4 is 5.91 Å². The molecule has 0 fully saturated rings. The van der Waals surface area contributed by atoms with E-state index in [1.165, 1.54) is 0 Å². The van der Waals surface area contributed by atoms with Crippen LogP contribution in [0, 0.1) is 11.3 Å². The summed E-state index contributed by atoms with van der Waals surface area (Å²) in [5.74, 6) is -0.0294. The first kappa shape index (κ1) is 17.7. The van der Waals surface area contributed by atoms with Gasteiger partial charge in [0.05, 0.1) is 11.6 Å². The quantitative estimate of drug-likeness (QED) is 0.821. The van der Waals surface area contributed by atoms with E-state index in [4.69, 9.17) is 5.26 Å². The Hall–Kier alpha value is -2.64. The lowest BCUT2D eigenvalue weighted by atomic mass is 10.1. The number of rotatable bonds is 7. The Morgan fingerprint density at radius 1 is 1.12 bits per heavy atom. The average Bonchev–Trinajstić information content (AvgIpc) is 2.62. The molecule has 2 N–H and O–H groups in total. The highest BCUT2D eigenvalue weighted by molar-refractivity contribution is 5.94. The Labute approximate surface area is 143 Å². The Morgan fingerprint density at radius 2 is 1.83 bits per heavy atom. The molecule has 0 spiro atoms. The summed E-state index contributed by atoms with van der Waals surface area (Å²) in [6.07, 6.45) is 0.914. The molecule has 0 aliphatic rings. The summed E-state index contributed by atoms with van der Waals surface area (Å²) in [5, 5.41) is 15.1. The average molecular weight is 321 g/mol. The van der Waals surface area contributed by atoms with Crippen molar-refractivity contribution < 1.29 is 4.79 Å². The molecular weight excluding hydrogens is 298 g/mol. The molecule has 0 bridgehead atoms. The highest BCUT2D eigenvalue weighted by atomic mass is 16.1. The van der Waals surface area contributed by atoms with Crippen LogP contribution in [0.2, 0.25) is 0 Å². The number of carbonyl (C=O) groups excluding carboxylic acids is 1. The summed E-state index contributed by atoms with van der Waals surface area (Å²) in [7, 11) is 0. The van der Waals surface area contributed by atoms with Gasteiger partial charge >= 0.3 is 0 Å². The molecule has 2 rings (SSSR count). The maximum absolute atomic E-state index is 12.2. The molecule has 124 valence electrons. The number of amides is 1. The minimum atomic E-state index is -0.0294. The van der Waals surface area contributed by atoms with Gasteiger partial charge in [-0.3, -0.25) is 4.79 Å². The van der Waals surface area contributed by atoms with Gasteiger partial charge in [-0.25, -0.2) is 0 Å². The lowest BCUT2D eigenvalue weighted by Gasteiger charge is -2.12. The molecule has 0 radical (unpaired) electrons. The molecule has 2 aromatic carbocycles. The van der Waals surface area contributed by atoms with Gasteiger partial charge in [0.25, 0.3) is 5.91 Å². The van der Waals surface area contributed by atoms with Gasteiger partial charge in [0.2, 0.25) is 0 Å². The van der Waals surface area contributed by atoms with Gasteiger partial charge in [-0.05, 0) is 48.7 Å². The second-order valence-corrected chi connectivity index (χ2v) is 5.90. The number of carbonyl (C=O) groups is 1. The predicted octanol–water partition coefficient (Wildman–Crippen LogP) is 3.38. The van der Waals surface area contributed by atoms with Gasteiger partial charge in [-0.1, -0.05) is 31.2 Å². The zero-order valence-electron chi connectivity index (χ0n) is 14.2. The van der Waals surface area contributed by atoms with E-state index in [0.717, 1.165) is 24.1 Å². The number of nitriles is 1. The Morgan fingerprint density at radius 3 is 2.50 bits per heavy atom. The Balaban J connectivity index is 1.89. The fourth-order valence-electron chi connectivity index (χ4n) is 2.28. The molecule has 1 amide bonds. The van der Waals surface area contributed by atoms with Crippen LogP contribution in [0.1, 0.15) is 47.3 Å². The van der Waals surface area contributed by atoms with Crippen LogP contribution in [-0.2, 0) is 13.1 Å². The summed E-state index contributed by atoms with van der Waals surface area (Å²) in [5.41, 5.74) is 3.55. The van der Waals surface area contributed by atoms with E-state index in [1.54, 1.807) is 0 Å². The van der Waals surface area contributed by atoms with Crippen molar-refractivity contribution in [3.05, 3.63) is 70.8 Å². The number of benzene rings is 2. The zero-order chi connectivity index (χ0) is 17.4. The summed E-state index contributed by atoms with van der Waals surface area (Å²) < 4.78 is 0. The number of nitrogens with one attached hydrogen (secondary N) is 2. The van der Waals surface area contributed by atoms with Gasteiger partial charge in [0.15, 0.2) is 0 Å². The second-order valence-electron chi connectivity index (χ2n) is 5.90. The largest absolute Gasteiger partial charge is 0.350 e. The highest BCUT2D eigenvalue weighted by Gasteiger charge is 2.08. The fourth-order valence-corrected chi connectivity index (χ4v) is 2.28. The van der Waals surface area contributed by atoms with Crippen molar-refractivity contribution in [1.29, 1.82) is 5.26 Å². The predicted molar refractivity (Wildman–Crippen MR) is 95.4 cm³/mol. The standard InChI is InChI=1S/C20H23N3O/c1-3-15(2)23-20(24)19-6-4-5-18(11-19)14-22-13-17-9-7-16(12-21)8-10-17/h4-11,15,22H,3,13-14H2,1-2H3,(H,23,24). The monoisotopic (exact) mass is 321 g/mol. The van der Waals surface area contributed by atoms with Gasteiger partial charge in [-0.2, -0.15) is 5.26 Å². The molecule has 0 heterocycles. The molecule has 0 saturated carbocycles. The van der Waals surface area contributed by atoms with Crippen LogP contribution in [-0.4, -0.2) is 11.9 Å². The SMILES string of the molecule is CCC(C)NC(=O)c1cccc(CNCc2ccc(C#N)cc2)c1. The molecular formula is C20H23N3O. The van der Waals surface area contributed by atoms with E-state index >= 15 is 0 Å². The zero-order valence-corrected chi connectivity index (χ0v) is 14.2. The number of nitrogens with zero attached hydrogens (tertiary/aromatic N) is 1. The molecule has 4 heteroatoms. The van der Waals surface area contributed by atoms with Crippen LogP contribution in [0.5, 0.6) is 0 Å². The van der Waals surface area contributed by atoms with Crippen LogP contribution < -0.4 is 10.6 Å². The molecule has 1 unspecified atom stereocenters. The summed E-state index contributed by atoms with van der Waals surface area (Å²) in [6, 6.07) is 17.5. The topological polar surface area (TPSA) is 64.9 Å². The first-order chi connectivity index (χ1) is 11.6. The van der Waals surface area contributed by atoms with E-state index < -0.39 is 0 Å². The second kappa shape index (κ2) is 8.85. The van der Waals surface area contributed by atoms with E-state index in [9.17, 15) is 4.79 Å². The maximum Gasteiger partial charge on any atom is 0.251 e. The number of hydrogen-bond acceptors (Lipinski definition) is 3. The van der Waals surface area contributed by atoms with Crippen molar-refractivity contribution in [2.24, 2.45) is 0 Å². The lowest BCUT2D eigenvalue weighted by molar-refractivity contribution is 0.0939. The third-order valence-corrected chi connectivity index (χ3v) is 3.92. The third-order valence-electron chi connectivity index (χ3n) is 3.92. The molecule has 0 saturated heterocycles. The molecule has 0 aliphatic heterocycles. The third kappa shape index (κ3) is 5.22. The van der Waals surface area contributed by atoms with Gasteiger partial charge in [0.1, 0.15) is 0 Å². The van der Waals surface area contributed by atoms with Gasteiger partial charge in [0, 0.05) is 24.7 Å². The van der Waals surface area contributed by atoms with Crippen molar-refractivity contribution in [2.75, 3.05) is 0 Å². The van der Waals surface area contributed by atoms with E-state index in [1.807, 2.05) is 55.5 Å². The molecule has 0 aromatic heterocycles. The van der Waals surface area contributed by atoms with E-state index in [2.05, 4.69) is 23.6 Å². The smallest absolute Gasteiger partial charge is 0.251 e. The minimum Gasteiger partial charge on any atom is -0.350 e.